The largest absolute Gasteiger partial charge is 0.462 e. The number of fused-ring (bicyclic) bond motifs is 1. The third-order valence-corrected chi connectivity index (χ3v) is 6.49. The van der Waals surface area contributed by atoms with Gasteiger partial charge in [-0.3, -0.25) is 4.79 Å². The Morgan fingerprint density at radius 1 is 1.25 bits per heavy atom. The molecule has 0 saturated heterocycles. The first-order valence-corrected chi connectivity index (χ1v) is 11.0. The van der Waals surface area contributed by atoms with Crippen molar-refractivity contribution < 1.29 is 14.3 Å². The van der Waals surface area contributed by atoms with E-state index in [0.717, 1.165) is 36.8 Å². The summed E-state index contributed by atoms with van der Waals surface area (Å²) in [5, 5.41) is 3.72. The Bertz CT molecular complexity index is 828. The number of rotatable bonds is 7. The number of nitrogens with one attached hydrogen (secondary N) is 1. The predicted molar refractivity (Wildman–Crippen MR) is 114 cm³/mol. The zero-order valence-electron chi connectivity index (χ0n) is 16.9. The molecule has 0 spiro atoms. The van der Waals surface area contributed by atoms with Crippen molar-refractivity contribution in [1.29, 1.82) is 0 Å². The number of benzene rings is 1. The van der Waals surface area contributed by atoms with Crippen LogP contribution < -0.4 is 5.32 Å². The van der Waals surface area contributed by atoms with Gasteiger partial charge in [0.15, 0.2) is 0 Å². The Kier molecular flexibility index (Phi) is 6.89. The summed E-state index contributed by atoms with van der Waals surface area (Å²) < 4.78 is 5.44. The molecule has 1 heterocycles. The van der Waals surface area contributed by atoms with Crippen LogP contribution in [0.15, 0.2) is 30.3 Å². The molecule has 0 unspecified atom stereocenters. The second-order valence-corrected chi connectivity index (χ2v) is 8.66. The summed E-state index contributed by atoms with van der Waals surface area (Å²) in [7, 11) is 0. The number of ether oxygens (including phenoxy) is 1. The molecule has 0 fully saturated rings. The molecule has 1 amide bonds. The SMILES string of the molecule is CCCOC(=O)c1c(NC(=O)[C@@H](CC)c2ccccc2)sc2c1CC[C@@H](C)C2. The van der Waals surface area contributed by atoms with E-state index in [1.807, 2.05) is 44.2 Å². The fraction of sp³-hybridized carbons (Fsp3) is 0.478. The van der Waals surface area contributed by atoms with E-state index in [1.54, 1.807) is 11.3 Å². The lowest BCUT2D eigenvalue weighted by Crippen LogP contribution is -2.22. The number of esters is 1. The molecule has 0 saturated carbocycles. The third kappa shape index (κ3) is 4.46. The van der Waals surface area contributed by atoms with E-state index >= 15 is 0 Å². The van der Waals surface area contributed by atoms with Gasteiger partial charge in [-0.25, -0.2) is 4.79 Å². The number of amides is 1. The summed E-state index contributed by atoms with van der Waals surface area (Å²) in [6.07, 6.45) is 4.37. The van der Waals surface area contributed by atoms with Crippen LogP contribution in [-0.2, 0) is 22.4 Å². The molecule has 0 radical (unpaired) electrons. The van der Waals surface area contributed by atoms with Crippen LogP contribution in [0, 0.1) is 5.92 Å². The first-order chi connectivity index (χ1) is 13.5. The lowest BCUT2D eigenvalue weighted by Gasteiger charge is -2.18. The molecule has 1 aliphatic rings. The standard InChI is InChI=1S/C23H29NO3S/c1-4-13-27-23(26)20-18-12-11-15(3)14-19(18)28-22(20)24-21(25)17(5-2)16-9-7-6-8-10-16/h6-10,15,17H,4-5,11-14H2,1-3H3,(H,24,25)/t15-,17+/m1/s1. The molecule has 1 aliphatic carbocycles. The van der Waals surface area contributed by atoms with Crippen molar-refractivity contribution in [2.24, 2.45) is 5.92 Å². The van der Waals surface area contributed by atoms with E-state index in [2.05, 4.69) is 12.2 Å². The van der Waals surface area contributed by atoms with Crippen LogP contribution in [-0.4, -0.2) is 18.5 Å². The molecule has 1 aromatic carbocycles. The minimum Gasteiger partial charge on any atom is -0.462 e. The monoisotopic (exact) mass is 399 g/mol. The van der Waals surface area contributed by atoms with Gasteiger partial charge in [-0.2, -0.15) is 0 Å². The van der Waals surface area contributed by atoms with Crippen molar-refractivity contribution in [3.05, 3.63) is 51.9 Å². The highest BCUT2D eigenvalue weighted by Crippen LogP contribution is 2.40. The first-order valence-electron chi connectivity index (χ1n) is 10.2. The van der Waals surface area contributed by atoms with Gasteiger partial charge < -0.3 is 10.1 Å². The zero-order chi connectivity index (χ0) is 20.1. The lowest BCUT2D eigenvalue weighted by atomic mass is 9.88. The lowest BCUT2D eigenvalue weighted by molar-refractivity contribution is -0.117. The van der Waals surface area contributed by atoms with Crippen LogP contribution in [0.5, 0.6) is 0 Å². The molecule has 0 bridgehead atoms. The average molecular weight is 400 g/mol. The summed E-state index contributed by atoms with van der Waals surface area (Å²) in [6, 6.07) is 9.80. The van der Waals surface area contributed by atoms with Crippen molar-refractivity contribution in [3.63, 3.8) is 0 Å². The fourth-order valence-corrected chi connectivity index (χ4v) is 5.18. The summed E-state index contributed by atoms with van der Waals surface area (Å²) >= 11 is 1.55. The molecule has 4 nitrogen and oxygen atoms in total. The highest BCUT2D eigenvalue weighted by atomic mass is 32.1. The van der Waals surface area contributed by atoms with E-state index in [-0.39, 0.29) is 17.8 Å². The van der Waals surface area contributed by atoms with E-state index < -0.39 is 0 Å². The van der Waals surface area contributed by atoms with Gasteiger partial charge in [0, 0.05) is 4.88 Å². The highest BCUT2D eigenvalue weighted by molar-refractivity contribution is 7.17. The minimum absolute atomic E-state index is 0.0649. The van der Waals surface area contributed by atoms with Crippen molar-refractivity contribution in [2.75, 3.05) is 11.9 Å². The van der Waals surface area contributed by atoms with E-state index in [0.29, 0.717) is 29.5 Å². The Balaban J connectivity index is 1.90. The van der Waals surface area contributed by atoms with E-state index in [4.69, 9.17) is 4.74 Å². The Morgan fingerprint density at radius 3 is 2.68 bits per heavy atom. The summed E-state index contributed by atoms with van der Waals surface area (Å²) in [5.41, 5.74) is 2.65. The normalized spacial score (nSPS) is 16.9. The molecule has 1 N–H and O–H groups in total. The van der Waals surface area contributed by atoms with Crippen molar-refractivity contribution in [3.8, 4) is 0 Å². The van der Waals surface area contributed by atoms with Gasteiger partial charge in [0.25, 0.3) is 0 Å². The van der Waals surface area contributed by atoms with Crippen LogP contribution in [0.2, 0.25) is 0 Å². The summed E-state index contributed by atoms with van der Waals surface area (Å²) in [6.45, 7) is 6.62. The minimum atomic E-state index is -0.308. The van der Waals surface area contributed by atoms with E-state index in [9.17, 15) is 9.59 Å². The van der Waals surface area contributed by atoms with Crippen LogP contribution >= 0.6 is 11.3 Å². The van der Waals surface area contributed by atoms with Gasteiger partial charge in [0.1, 0.15) is 5.00 Å². The maximum Gasteiger partial charge on any atom is 0.341 e. The Morgan fingerprint density at radius 2 is 2.00 bits per heavy atom. The first kappa shape index (κ1) is 20.6. The summed E-state index contributed by atoms with van der Waals surface area (Å²) in [5.74, 6) is -0.0115. The maximum absolute atomic E-state index is 13.1. The number of carbonyl (C=O) groups excluding carboxylic acids is 2. The van der Waals surface area contributed by atoms with Gasteiger partial charge in [0.2, 0.25) is 5.91 Å². The smallest absolute Gasteiger partial charge is 0.341 e. The average Bonchev–Trinajstić information content (AvgIpc) is 3.04. The number of hydrogen-bond donors (Lipinski definition) is 1. The molecule has 28 heavy (non-hydrogen) atoms. The van der Waals surface area contributed by atoms with Crippen molar-refractivity contribution in [1.82, 2.24) is 0 Å². The molecule has 2 aromatic rings. The maximum atomic E-state index is 13.1. The van der Waals surface area contributed by atoms with Gasteiger partial charge >= 0.3 is 5.97 Å². The van der Waals surface area contributed by atoms with Gasteiger partial charge in [-0.05, 0) is 49.1 Å². The predicted octanol–water partition coefficient (Wildman–Crippen LogP) is 5.57. The number of carbonyl (C=O) groups is 2. The second-order valence-electron chi connectivity index (χ2n) is 7.55. The third-order valence-electron chi connectivity index (χ3n) is 5.32. The Labute approximate surface area is 171 Å². The van der Waals surface area contributed by atoms with Gasteiger partial charge in [-0.1, -0.05) is 51.1 Å². The number of thiophene rings is 1. The van der Waals surface area contributed by atoms with Crippen LogP contribution in [0.4, 0.5) is 5.00 Å². The zero-order valence-corrected chi connectivity index (χ0v) is 17.7. The summed E-state index contributed by atoms with van der Waals surface area (Å²) in [4.78, 5) is 27.0. The molecule has 1 aromatic heterocycles. The van der Waals surface area contributed by atoms with E-state index in [1.165, 1.54) is 4.88 Å². The molecule has 3 rings (SSSR count). The highest BCUT2D eigenvalue weighted by Gasteiger charge is 2.30. The molecule has 5 heteroatoms. The topological polar surface area (TPSA) is 55.4 Å². The molecular weight excluding hydrogens is 370 g/mol. The quantitative estimate of drug-likeness (QED) is 0.619. The molecule has 2 atom stereocenters. The molecule has 0 aliphatic heterocycles. The number of anilines is 1. The van der Waals surface area contributed by atoms with Crippen LogP contribution in [0.25, 0.3) is 0 Å². The Hall–Kier alpha value is -2.14. The van der Waals surface area contributed by atoms with Crippen molar-refractivity contribution >= 4 is 28.2 Å². The van der Waals surface area contributed by atoms with Crippen molar-refractivity contribution in [2.45, 2.75) is 58.8 Å². The molecular formula is C23H29NO3S. The number of hydrogen-bond acceptors (Lipinski definition) is 4. The fourth-order valence-electron chi connectivity index (χ4n) is 3.78. The van der Waals surface area contributed by atoms with Gasteiger partial charge in [-0.15, -0.1) is 11.3 Å². The van der Waals surface area contributed by atoms with Crippen LogP contribution in [0.3, 0.4) is 0 Å². The van der Waals surface area contributed by atoms with Gasteiger partial charge in [0.05, 0.1) is 18.1 Å². The molecule has 150 valence electrons. The second kappa shape index (κ2) is 9.37. The van der Waals surface area contributed by atoms with Crippen LogP contribution in [0.1, 0.15) is 72.3 Å².